The quantitative estimate of drug-likeness (QED) is 0.618. The van der Waals surface area contributed by atoms with Gasteiger partial charge in [0.25, 0.3) is 5.91 Å². The Labute approximate surface area is 149 Å². The lowest BCUT2D eigenvalue weighted by molar-refractivity contribution is -0.144. The van der Waals surface area contributed by atoms with Crippen LogP contribution in [-0.4, -0.2) is 18.5 Å². The van der Waals surface area contributed by atoms with Gasteiger partial charge >= 0.3 is 5.97 Å². The minimum Gasteiger partial charge on any atom is -0.465 e. The number of benzene rings is 1. The largest absolute Gasteiger partial charge is 0.465 e. The number of amides is 1. The molecular formula is C17H15Cl2NO4. The zero-order valence-electron chi connectivity index (χ0n) is 12.8. The Bertz CT molecular complexity index is 741. The molecule has 1 atom stereocenters. The lowest BCUT2D eigenvalue weighted by Gasteiger charge is -2.15. The van der Waals surface area contributed by atoms with Crippen LogP contribution in [0.2, 0.25) is 10.0 Å². The number of esters is 1. The van der Waals surface area contributed by atoms with E-state index in [0.717, 1.165) is 5.56 Å². The molecule has 1 aromatic carbocycles. The summed E-state index contributed by atoms with van der Waals surface area (Å²) in [7, 11) is 0. The molecule has 1 amide bonds. The Balaban J connectivity index is 1.81. The van der Waals surface area contributed by atoms with E-state index in [1.807, 2.05) is 0 Å². The monoisotopic (exact) mass is 367 g/mol. The highest BCUT2D eigenvalue weighted by Crippen LogP contribution is 2.25. The van der Waals surface area contributed by atoms with Gasteiger partial charge in [0, 0.05) is 16.1 Å². The summed E-state index contributed by atoms with van der Waals surface area (Å²) in [5, 5.41) is 3.66. The molecule has 0 aliphatic heterocycles. The van der Waals surface area contributed by atoms with E-state index in [0.29, 0.717) is 15.8 Å². The van der Waals surface area contributed by atoms with Crippen molar-refractivity contribution in [2.75, 3.05) is 6.61 Å². The van der Waals surface area contributed by atoms with E-state index >= 15 is 0 Å². The van der Waals surface area contributed by atoms with Crippen LogP contribution in [0.3, 0.4) is 0 Å². The van der Waals surface area contributed by atoms with E-state index in [1.165, 1.54) is 18.4 Å². The summed E-state index contributed by atoms with van der Waals surface area (Å²) in [6, 6.07) is 8.05. The molecule has 1 N–H and O–H groups in total. The first-order valence-corrected chi connectivity index (χ1v) is 7.84. The lowest BCUT2D eigenvalue weighted by atomic mass is 10.1. The van der Waals surface area contributed by atoms with Crippen molar-refractivity contribution in [2.24, 2.45) is 0 Å². The van der Waals surface area contributed by atoms with Gasteiger partial charge in [0.2, 0.25) is 0 Å². The van der Waals surface area contributed by atoms with Crippen LogP contribution < -0.4 is 5.32 Å². The predicted octanol–water partition coefficient (Wildman–Crippen LogP) is 4.02. The number of ether oxygens (including phenoxy) is 1. The van der Waals surface area contributed by atoms with E-state index in [1.54, 1.807) is 37.3 Å². The third-order valence-electron chi connectivity index (χ3n) is 3.08. The van der Waals surface area contributed by atoms with E-state index in [4.69, 9.17) is 32.4 Å². The Morgan fingerprint density at radius 2 is 2.12 bits per heavy atom. The predicted molar refractivity (Wildman–Crippen MR) is 91.7 cm³/mol. The molecule has 0 spiro atoms. The van der Waals surface area contributed by atoms with Crippen LogP contribution in [0, 0.1) is 0 Å². The fourth-order valence-electron chi connectivity index (χ4n) is 1.93. The van der Waals surface area contributed by atoms with Gasteiger partial charge in [-0.2, -0.15) is 0 Å². The second-order valence-corrected chi connectivity index (χ2v) is 5.76. The molecule has 126 valence electrons. The SMILES string of the molecule is C[C@H](NC(=O)COC(=O)/C=C/c1ccco1)c1ccc(Cl)cc1Cl. The lowest BCUT2D eigenvalue weighted by Crippen LogP contribution is -2.31. The highest BCUT2D eigenvalue weighted by molar-refractivity contribution is 6.35. The molecule has 0 bridgehead atoms. The summed E-state index contributed by atoms with van der Waals surface area (Å²) < 4.78 is 9.89. The van der Waals surface area contributed by atoms with Crippen molar-refractivity contribution in [2.45, 2.75) is 13.0 Å². The van der Waals surface area contributed by atoms with Crippen molar-refractivity contribution in [3.8, 4) is 0 Å². The zero-order valence-corrected chi connectivity index (χ0v) is 14.3. The number of rotatable bonds is 6. The van der Waals surface area contributed by atoms with Gasteiger partial charge in [-0.15, -0.1) is 0 Å². The van der Waals surface area contributed by atoms with Gasteiger partial charge in [-0.05, 0) is 42.8 Å². The van der Waals surface area contributed by atoms with Crippen LogP contribution in [0.15, 0.2) is 47.1 Å². The molecule has 0 radical (unpaired) electrons. The number of hydrogen-bond donors (Lipinski definition) is 1. The van der Waals surface area contributed by atoms with Gasteiger partial charge in [-0.1, -0.05) is 29.3 Å². The molecule has 2 aromatic rings. The summed E-state index contributed by atoms with van der Waals surface area (Å²) in [5.74, 6) is -0.561. The van der Waals surface area contributed by atoms with Gasteiger partial charge in [0.1, 0.15) is 5.76 Å². The summed E-state index contributed by atoms with van der Waals surface area (Å²) in [5.41, 5.74) is 0.721. The fraction of sp³-hybridized carbons (Fsp3) is 0.176. The van der Waals surface area contributed by atoms with Crippen LogP contribution in [0.5, 0.6) is 0 Å². The molecule has 24 heavy (non-hydrogen) atoms. The van der Waals surface area contributed by atoms with E-state index in [-0.39, 0.29) is 6.04 Å². The molecule has 0 aliphatic carbocycles. The molecule has 5 nitrogen and oxygen atoms in total. The molecular weight excluding hydrogens is 353 g/mol. The van der Waals surface area contributed by atoms with Crippen LogP contribution >= 0.6 is 23.2 Å². The third kappa shape index (κ3) is 5.44. The highest BCUT2D eigenvalue weighted by Gasteiger charge is 2.14. The van der Waals surface area contributed by atoms with Crippen molar-refractivity contribution >= 4 is 41.2 Å². The molecule has 0 fully saturated rings. The summed E-state index contributed by atoms with van der Waals surface area (Å²) in [6.07, 6.45) is 4.13. The van der Waals surface area contributed by atoms with Crippen molar-refractivity contribution in [3.63, 3.8) is 0 Å². The average Bonchev–Trinajstić information content (AvgIpc) is 3.04. The van der Waals surface area contributed by atoms with E-state index in [9.17, 15) is 9.59 Å². The molecule has 0 saturated carbocycles. The first kappa shape index (κ1) is 18.1. The smallest absolute Gasteiger partial charge is 0.331 e. The average molecular weight is 368 g/mol. The van der Waals surface area contributed by atoms with Crippen molar-refractivity contribution < 1.29 is 18.7 Å². The number of halogens is 2. The second-order valence-electron chi connectivity index (χ2n) is 4.91. The highest BCUT2D eigenvalue weighted by atomic mass is 35.5. The first-order chi connectivity index (χ1) is 11.5. The number of carbonyl (C=O) groups excluding carboxylic acids is 2. The Morgan fingerprint density at radius 1 is 1.33 bits per heavy atom. The second kappa shape index (κ2) is 8.57. The standard InChI is InChI=1S/C17H15Cl2NO4/c1-11(14-6-4-12(18)9-15(14)19)20-16(21)10-24-17(22)7-5-13-3-2-8-23-13/h2-9,11H,10H2,1H3,(H,20,21)/b7-5+/t11-/m0/s1. The van der Waals surface area contributed by atoms with Crippen molar-refractivity contribution in [1.82, 2.24) is 5.32 Å². The minimum absolute atomic E-state index is 0.348. The number of carbonyl (C=O) groups is 2. The maximum atomic E-state index is 11.8. The van der Waals surface area contributed by atoms with Gasteiger partial charge < -0.3 is 14.5 Å². The van der Waals surface area contributed by atoms with E-state index in [2.05, 4.69) is 5.32 Å². The molecule has 2 rings (SSSR count). The van der Waals surface area contributed by atoms with Crippen LogP contribution in [0.1, 0.15) is 24.3 Å². The molecule has 0 unspecified atom stereocenters. The van der Waals surface area contributed by atoms with E-state index < -0.39 is 18.5 Å². The molecule has 7 heteroatoms. The Morgan fingerprint density at radius 3 is 2.79 bits per heavy atom. The molecule has 0 saturated heterocycles. The number of furan rings is 1. The normalized spacial score (nSPS) is 12.1. The minimum atomic E-state index is -0.640. The maximum Gasteiger partial charge on any atom is 0.331 e. The Hall–Kier alpha value is -2.24. The summed E-state index contributed by atoms with van der Waals surface area (Å²) >= 11 is 11.9. The van der Waals surface area contributed by atoms with Gasteiger partial charge in [0.15, 0.2) is 6.61 Å². The Kier molecular flexibility index (Phi) is 6.46. The topological polar surface area (TPSA) is 68.5 Å². The zero-order chi connectivity index (χ0) is 17.5. The third-order valence-corrected chi connectivity index (χ3v) is 3.64. The first-order valence-electron chi connectivity index (χ1n) is 7.08. The van der Waals surface area contributed by atoms with Crippen LogP contribution in [0.4, 0.5) is 0 Å². The van der Waals surface area contributed by atoms with Crippen LogP contribution in [-0.2, 0) is 14.3 Å². The number of nitrogens with one attached hydrogen (secondary N) is 1. The van der Waals surface area contributed by atoms with Gasteiger partial charge in [0.05, 0.1) is 12.3 Å². The van der Waals surface area contributed by atoms with Gasteiger partial charge in [-0.3, -0.25) is 4.79 Å². The van der Waals surface area contributed by atoms with Crippen molar-refractivity contribution in [1.29, 1.82) is 0 Å². The number of hydrogen-bond acceptors (Lipinski definition) is 4. The summed E-state index contributed by atoms with van der Waals surface area (Å²) in [4.78, 5) is 23.4. The summed E-state index contributed by atoms with van der Waals surface area (Å²) in [6.45, 7) is 1.38. The van der Waals surface area contributed by atoms with Crippen molar-refractivity contribution in [3.05, 3.63) is 64.0 Å². The molecule has 0 aliphatic rings. The maximum absolute atomic E-state index is 11.8. The molecule has 1 aromatic heterocycles. The van der Waals surface area contributed by atoms with Gasteiger partial charge in [-0.25, -0.2) is 4.79 Å². The fourth-order valence-corrected chi connectivity index (χ4v) is 2.51. The molecule has 1 heterocycles. The van der Waals surface area contributed by atoms with Crippen LogP contribution in [0.25, 0.3) is 6.08 Å².